The van der Waals surface area contributed by atoms with Gasteiger partial charge in [-0.25, -0.2) is 0 Å². The second kappa shape index (κ2) is 14.3. The van der Waals surface area contributed by atoms with Gasteiger partial charge < -0.3 is 44.8 Å². The molecular weight excluding hydrogens is 390 g/mol. The molecule has 0 aromatic carbocycles. The molecule has 0 bridgehead atoms. The van der Waals surface area contributed by atoms with Gasteiger partial charge in [0.2, 0.25) is 0 Å². The van der Waals surface area contributed by atoms with E-state index >= 15 is 0 Å². The van der Waals surface area contributed by atoms with Gasteiger partial charge in [0, 0.05) is 0 Å². The molecule has 0 fully saturated rings. The summed E-state index contributed by atoms with van der Waals surface area (Å²) in [5.74, 6) is 0. The van der Waals surface area contributed by atoms with Gasteiger partial charge in [-0.05, 0) is 0 Å². The Morgan fingerprint density at radius 1 is 0.852 bits per heavy atom. The van der Waals surface area contributed by atoms with E-state index in [-0.39, 0.29) is 6.29 Å². The molecule has 0 aromatic rings. The van der Waals surface area contributed by atoms with Crippen LogP contribution in [0, 0.1) is 30.3 Å². The molecule has 18 nitrogen and oxygen atoms in total. The molecular formula is C9H17N3O15. The van der Waals surface area contributed by atoms with E-state index in [2.05, 4.69) is 14.5 Å². The Labute approximate surface area is 148 Å². The Morgan fingerprint density at radius 2 is 1.30 bits per heavy atom. The average Bonchev–Trinajstić information content (AvgIpc) is 2.61. The minimum Gasteiger partial charge on any atom is -0.394 e. The van der Waals surface area contributed by atoms with Gasteiger partial charge in [-0.2, -0.15) is 0 Å². The van der Waals surface area contributed by atoms with Crippen LogP contribution in [0.25, 0.3) is 0 Å². The number of aliphatic hydroxyl groups is 5. The second-order valence-corrected chi connectivity index (χ2v) is 4.35. The summed E-state index contributed by atoms with van der Waals surface area (Å²) >= 11 is 0. The quantitative estimate of drug-likeness (QED) is 0.109. The zero-order valence-corrected chi connectivity index (χ0v) is 13.2. The number of hydrogen-bond donors (Lipinski definition) is 5. The summed E-state index contributed by atoms with van der Waals surface area (Å²) in [7, 11) is 0. The van der Waals surface area contributed by atoms with E-state index < -0.39 is 65.6 Å². The van der Waals surface area contributed by atoms with Gasteiger partial charge in [-0.1, -0.05) is 0 Å². The number of carbonyl (C=O) groups excluding carboxylic acids is 1. The highest BCUT2D eigenvalue weighted by atomic mass is 17.0. The smallest absolute Gasteiger partial charge is 0.294 e. The van der Waals surface area contributed by atoms with Crippen molar-refractivity contribution in [3.05, 3.63) is 30.3 Å². The lowest BCUT2D eigenvalue weighted by Crippen LogP contribution is -2.46. The molecule has 0 saturated carbocycles. The number of rotatable bonds is 13. The molecule has 0 aliphatic carbocycles. The van der Waals surface area contributed by atoms with Crippen molar-refractivity contribution < 1.29 is 60.1 Å². The van der Waals surface area contributed by atoms with Crippen LogP contribution in [-0.4, -0.2) is 97.4 Å². The van der Waals surface area contributed by atoms with Crippen molar-refractivity contribution in [2.24, 2.45) is 0 Å². The molecule has 0 radical (unpaired) electrons. The molecule has 0 amide bonds. The molecule has 4 atom stereocenters. The molecule has 5 N–H and O–H groups in total. The first-order chi connectivity index (χ1) is 12.5. The summed E-state index contributed by atoms with van der Waals surface area (Å²) in [6.07, 6.45) is -8.38. The lowest BCUT2D eigenvalue weighted by Gasteiger charge is -2.22. The molecule has 18 heteroatoms. The summed E-state index contributed by atoms with van der Waals surface area (Å²) in [6.45, 7) is -2.45. The van der Waals surface area contributed by atoms with E-state index in [1.165, 1.54) is 0 Å². The molecule has 0 spiro atoms. The molecule has 0 rings (SSSR count). The van der Waals surface area contributed by atoms with Gasteiger partial charge in [-0.15, -0.1) is 30.3 Å². The van der Waals surface area contributed by atoms with E-state index in [9.17, 15) is 35.1 Å². The fraction of sp³-hybridized carbons (Fsp3) is 0.889. The molecule has 0 unspecified atom stereocenters. The lowest BCUT2D eigenvalue weighted by molar-refractivity contribution is -0.803. The van der Waals surface area contributed by atoms with Crippen molar-refractivity contribution in [1.82, 2.24) is 0 Å². The summed E-state index contributed by atoms with van der Waals surface area (Å²) in [6, 6.07) is 0. The van der Waals surface area contributed by atoms with Crippen molar-refractivity contribution in [2.45, 2.75) is 30.5 Å². The monoisotopic (exact) mass is 407 g/mol. The third-order valence-corrected chi connectivity index (χ3v) is 2.39. The Morgan fingerprint density at radius 3 is 1.59 bits per heavy atom. The summed E-state index contributed by atoms with van der Waals surface area (Å²) < 4.78 is 0. The Bertz CT molecular complexity index is 457. The Hall–Kier alpha value is -2.93. The molecule has 0 aliphatic heterocycles. The Kier molecular flexibility index (Phi) is 13.9. The topological polar surface area (TPSA) is 275 Å². The van der Waals surface area contributed by atoms with Gasteiger partial charge in [0.15, 0.2) is 12.4 Å². The third kappa shape index (κ3) is 14.0. The first-order valence-corrected chi connectivity index (χ1v) is 6.60. The van der Waals surface area contributed by atoms with Crippen LogP contribution in [0.5, 0.6) is 0 Å². The minimum atomic E-state index is -1.79. The number of aldehydes is 1. The molecule has 158 valence electrons. The summed E-state index contributed by atoms with van der Waals surface area (Å²) in [4.78, 5) is 50.4. The number of aliphatic hydroxyl groups excluding tert-OH is 5. The highest BCUT2D eigenvalue weighted by Crippen LogP contribution is 2.03. The van der Waals surface area contributed by atoms with Crippen molar-refractivity contribution >= 4 is 6.29 Å². The predicted molar refractivity (Wildman–Crippen MR) is 74.9 cm³/mol. The SMILES string of the molecule is O=C[C@H](O)[C@@H](O)[C@H](O)[C@H](O)CO.O=[N+]([O-])OCC(CO[N+](=O)[O-])O[N+](=O)[O-]. The van der Waals surface area contributed by atoms with Crippen LogP contribution in [0.1, 0.15) is 0 Å². The second-order valence-electron chi connectivity index (χ2n) is 4.35. The lowest BCUT2D eigenvalue weighted by atomic mass is 10.0. The van der Waals surface area contributed by atoms with Crippen LogP contribution in [0.15, 0.2) is 0 Å². The third-order valence-electron chi connectivity index (χ3n) is 2.39. The van der Waals surface area contributed by atoms with E-state index in [1.54, 1.807) is 0 Å². The van der Waals surface area contributed by atoms with Crippen LogP contribution in [0.4, 0.5) is 0 Å². The van der Waals surface area contributed by atoms with Crippen molar-refractivity contribution in [3.8, 4) is 0 Å². The van der Waals surface area contributed by atoms with E-state index in [1.807, 2.05) is 0 Å². The van der Waals surface area contributed by atoms with Crippen molar-refractivity contribution in [2.75, 3.05) is 19.8 Å². The van der Waals surface area contributed by atoms with Gasteiger partial charge in [0.05, 0.1) is 6.61 Å². The van der Waals surface area contributed by atoms with E-state index in [0.717, 1.165) is 0 Å². The normalized spacial score (nSPS) is 14.6. The van der Waals surface area contributed by atoms with Gasteiger partial charge >= 0.3 is 0 Å². The van der Waals surface area contributed by atoms with Gasteiger partial charge in [0.1, 0.15) is 37.6 Å². The first-order valence-electron chi connectivity index (χ1n) is 6.60. The van der Waals surface area contributed by atoms with Crippen LogP contribution in [0.2, 0.25) is 0 Å². The standard InChI is InChI=1S/C6H12O6.C3H5N3O9/c7-1-3(9)5(11)6(12)4(10)2-8;7-4(8)13-1-3(15-6(11)12)2-14-5(9)10/h1,3-6,8-12H,2H2;3H,1-2H2/t3-,4+,5+,6+;/m0./s1. The summed E-state index contributed by atoms with van der Waals surface area (Å²) in [5, 5.41) is 69.1. The molecule has 0 aliphatic rings. The highest BCUT2D eigenvalue weighted by Gasteiger charge is 2.29. The maximum atomic E-state index is 9.90. The van der Waals surface area contributed by atoms with Crippen molar-refractivity contribution in [1.29, 1.82) is 0 Å². The maximum absolute atomic E-state index is 9.90. The molecule has 0 saturated heterocycles. The number of nitrogens with zero attached hydrogens (tertiary/aromatic N) is 3. The summed E-state index contributed by atoms with van der Waals surface area (Å²) in [5.41, 5.74) is 0. The fourth-order valence-electron chi connectivity index (χ4n) is 1.14. The van der Waals surface area contributed by atoms with E-state index in [0.29, 0.717) is 0 Å². The molecule has 0 heterocycles. The predicted octanol–water partition coefficient (Wildman–Crippen LogP) is -4.40. The molecule has 0 aromatic heterocycles. The van der Waals surface area contributed by atoms with Crippen LogP contribution in [0.3, 0.4) is 0 Å². The van der Waals surface area contributed by atoms with Crippen molar-refractivity contribution in [3.63, 3.8) is 0 Å². The maximum Gasteiger partial charge on any atom is 0.294 e. The highest BCUT2D eigenvalue weighted by molar-refractivity contribution is 5.56. The van der Waals surface area contributed by atoms with E-state index in [4.69, 9.17) is 25.5 Å². The number of hydrogen-bond acceptors (Lipinski definition) is 15. The Balaban J connectivity index is 0. The zero-order valence-electron chi connectivity index (χ0n) is 13.2. The van der Waals surface area contributed by atoms with Gasteiger partial charge in [-0.3, -0.25) is 0 Å². The minimum absolute atomic E-state index is 0.0258. The first kappa shape index (κ1) is 26.3. The van der Waals surface area contributed by atoms with Crippen LogP contribution < -0.4 is 0 Å². The number of carbonyl (C=O) groups is 1. The fourth-order valence-corrected chi connectivity index (χ4v) is 1.14. The average molecular weight is 407 g/mol. The molecule has 27 heavy (non-hydrogen) atoms. The van der Waals surface area contributed by atoms with Gasteiger partial charge in [0.25, 0.3) is 15.3 Å². The zero-order chi connectivity index (χ0) is 21.6. The van der Waals surface area contributed by atoms with Crippen LogP contribution >= 0.6 is 0 Å². The van der Waals surface area contributed by atoms with Crippen LogP contribution in [-0.2, 0) is 19.3 Å². The largest absolute Gasteiger partial charge is 0.394 e.